The monoisotopic (exact) mass is 235 g/mol. The van der Waals surface area contributed by atoms with Crippen molar-refractivity contribution in [1.82, 2.24) is 0 Å². The number of rotatable bonds is 4. The van der Waals surface area contributed by atoms with Crippen molar-refractivity contribution in [2.24, 2.45) is 11.8 Å². The molecule has 0 spiro atoms. The second-order valence-corrected chi connectivity index (χ2v) is 4.73. The molecule has 3 rings (SSSR count). The molecule has 1 aromatic carbocycles. The molecule has 0 saturated carbocycles. The van der Waals surface area contributed by atoms with Gasteiger partial charge in [0, 0.05) is 23.6 Å². The molecule has 0 bridgehead atoms. The third-order valence-electron chi connectivity index (χ3n) is 3.49. The summed E-state index contributed by atoms with van der Waals surface area (Å²) in [6.45, 7) is 0. The molecule has 1 nitrogen and oxygen atoms in total. The minimum absolute atomic E-state index is 0.386. The largest absolute Gasteiger partial charge is 0.380 e. The molecule has 0 amide bonds. The Morgan fingerprint density at radius 2 is 1.22 bits per heavy atom. The van der Waals surface area contributed by atoms with Gasteiger partial charge in [0.05, 0.1) is 0 Å². The fraction of sp³-hybridized carbons (Fsp3) is 0.176. The lowest BCUT2D eigenvalue weighted by Gasteiger charge is -2.27. The van der Waals surface area contributed by atoms with E-state index in [9.17, 15) is 0 Å². The molecule has 0 unspecified atom stereocenters. The highest BCUT2D eigenvalue weighted by molar-refractivity contribution is 5.46. The van der Waals surface area contributed by atoms with Crippen LogP contribution in [0.3, 0.4) is 0 Å². The van der Waals surface area contributed by atoms with Crippen LogP contribution in [-0.4, -0.2) is 6.04 Å². The smallest absolute Gasteiger partial charge is 0.0456 e. The first kappa shape index (κ1) is 11.1. The third kappa shape index (κ3) is 2.30. The number of benzene rings is 1. The second-order valence-electron chi connectivity index (χ2n) is 4.73. The number of anilines is 1. The zero-order valence-corrected chi connectivity index (χ0v) is 10.2. The summed E-state index contributed by atoms with van der Waals surface area (Å²) in [7, 11) is 0. The number of para-hydroxylation sites is 1. The van der Waals surface area contributed by atoms with E-state index < -0.39 is 0 Å². The average molecular weight is 235 g/mol. The van der Waals surface area contributed by atoms with Crippen molar-refractivity contribution in [1.29, 1.82) is 0 Å². The van der Waals surface area contributed by atoms with Crippen molar-refractivity contribution in [2.45, 2.75) is 6.04 Å². The van der Waals surface area contributed by atoms with E-state index in [0.717, 1.165) is 0 Å². The van der Waals surface area contributed by atoms with Crippen LogP contribution in [0.25, 0.3) is 0 Å². The van der Waals surface area contributed by atoms with E-state index in [1.54, 1.807) is 0 Å². The lowest BCUT2D eigenvalue weighted by atomic mass is 9.89. The van der Waals surface area contributed by atoms with E-state index in [1.165, 1.54) is 5.69 Å². The van der Waals surface area contributed by atoms with Crippen LogP contribution in [0.2, 0.25) is 0 Å². The molecule has 18 heavy (non-hydrogen) atoms. The Morgan fingerprint density at radius 3 is 1.72 bits per heavy atom. The molecule has 0 radical (unpaired) electrons. The Morgan fingerprint density at radius 1 is 0.722 bits per heavy atom. The molecule has 0 aliphatic heterocycles. The zero-order valence-electron chi connectivity index (χ0n) is 10.2. The van der Waals surface area contributed by atoms with Gasteiger partial charge in [-0.3, -0.25) is 0 Å². The first-order valence-corrected chi connectivity index (χ1v) is 6.45. The van der Waals surface area contributed by atoms with Crippen LogP contribution in [0.1, 0.15) is 0 Å². The lowest BCUT2D eigenvalue weighted by Crippen LogP contribution is -2.32. The van der Waals surface area contributed by atoms with Crippen molar-refractivity contribution in [3.05, 3.63) is 78.9 Å². The summed E-state index contributed by atoms with van der Waals surface area (Å²) in [5.74, 6) is 0.921. The van der Waals surface area contributed by atoms with Gasteiger partial charge in [0.25, 0.3) is 0 Å². The quantitative estimate of drug-likeness (QED) is 0.833. The molecule has 0 heterocycles. The minimum atomic E-state index is 0.386. The molecule has 0 atom stereocenters. The Hall–Kier alpha value is -2.02. The first-order chi connectivity index (χ1) is 8.93. The number of nitrogens with one attached hydrogen (secondary N) is 1. The molecule has 0 aromatic heterocycles. The van der Waals surface area contributed by atoms with E-state index in [2.05, 4.69) is 78.2 Å². The zero-order chi connectivity index (χ0) is 12.2. The maximum atomic E-state index is 3.66. The molecule has 1 N–H and O–H groups in total. The van der Waals surface area contributed by atoms with E-state index in [4.69, 9.17) is 0 Å². The minimum Gasteiger partial charge on any atom is -0.380 e. The van der Waals surface area contributed by atoms with Gasteiger partial charge in [-0.15, -0.1) is 0 Å². The maximum Gasteiger partial charge on any atom is 0.0456 e. The van der Waals surface area contributed by atoms with E-state index in [-0.39, 0.29) is 0 Å². The van der Waals surface area contributed by atoms with Crippen LogP contribution in [-0.2, 0) is 0 Å². The van der Waals surface area contributed by atoms with E-state index in [1.807, 2.05) is 6.07 Å². The molecule has 2 aliphatic rings. The van der Waals surface area contributed by atoms with Gasteiger partial charge < -0.3 is 5.32 Å². The highest BCUT2D eigenvalue weighted by Gasteiger charge is 2.25. The first-order valence-electron chi connectivity index (χ1n) is 6.45. The predicted octanol–water partition coefficient (Wildman–Crippen LogP) is 3.95. The van der Waals surface area contributed by atoms with Crippen LogP contribution in [0.15, 0.2) is 78.9 Å². The van der Waals surface area contributed by atoms with Crippen LogP contribution in [0.4, 0.5) is 5.69 Å². The normalized spacial score (nSPS) is 18.3. The number of hydrogen-bond donors (Lipinski definition) is 1. The number of hydrogen-bond acceptors (Lipinski definition) is 1. The van der Waals surface area contributed by atoms with Crippen molar-refractivity contribution >= 4 is 5.69 Å². The van der Waals surface area contributed by atoms with Gasteiger partial charge in [0.2, 0.25) is 0 Å². The summed E-state index contributed by atoms with van der Waals surface area (Å²) >= 11 is 0. The molecule has 2 aliphatic carbocycles. The summed E-state index contributed by atoms with van der Waals surface area (Å²) in [4.78, 5) is 0. The molecule has 90 valence electrons. The fourth-order valence-corrected chi connectivity index (χ4v) is 2.55. The highest BCUT2D eigenvalue weighted by atomic mass is 14.9. The van der Waals surface area contributed by atoms with Crippen LogP contribution in [0, 0.1) is 11.8 Å². The topological polar surface area (TPSA) is 12.0 Å². The van der Waals surface area contributed by atoms with Crippen LogP contribution < -0.4 is 5.32 Å². The van der Waals surface area contributed by atoms with Crippen molar-refractivity contribution in [2.75, 3.05) is 5.32 Å². The fourth-order valence-electron chi connectivity index (χ4n) is 2.55. The molecular weight excluding hydrogens is 218 g/mol. The van der Waals surface area contributed by atoms with Crippen molar-refractivity contribution in [3.8, 4) is 0 Å². The van der Waals surface area contributed by atoms with E-state index >= 15 is 0 Å². The summed E-state index contributed by atoms with van der Waals surface area (Å²) in [5.41, 5.74) is 1.19. The predicted molar refractivity (Wildman–Crippen MR) is 77.4 cm³/mol. The van der Waals surface area contributed by atoms with Crippen LogP contribution >= 0.6 is 0 Å². The van der Waals surface area contributed by atoms with Crippen molar-refractivity contribution in [3.63, 3.8) is 0 Å². The molecule has 0 saturated heterocycles. The van der Waals surface area contributed by atoms with Crippen molar-refractivity contribution < 1.29 is 0 Å². The maximum absolute atomic E-state index is 3.66. The Bertz CT molecular complexity index is 456. The third-order valence-corrected chi connectivity index (χ3v) is 3.49. The number of allylic oxidation sites excluding steroid dienone is 4. The Balaban J connectivity index is 1.81. The van der Waals surface area contributed by atoms with Gasteiger partial charge in [-0.2, -0.15) is 0 Å². The lowest BCUT2D eigenvalue weighted by molar-refractivity contribution is 0.555. The molecular formula is C17H17N. The molecule has 1 heteroatoms. The Labute approximate surface area is 108 Å². The van der Waals surface area contributed by atoms with Gasteiger partial charge in [0.1, 0.15) is 0 Å². The highest BCUT2D eigenvalue weighted by Crippen LogP contribution is 2.27. The average Bonchev–Trinajstić information content (AvgIpc) is 3.11. The van der Waals surface area contributed by atoms with Gasteiger partial charge in [-0.25, -0.2) is 0 Å². The van der Waals surface area contributed by atoms with E-state index in [0.29, 0.717) is 17.9 Å². The molecule has 1 aromatic rings. The Kier molecular flexibility index (Phi) is 3.14. The van der Waals surface area contributed by atoms with Crippen LogP contribution in [0.5, 0.6) is 0 Å². The summed E-state index contributed by atoms with van der Waals surface area (Å²) in [6.07, 6.45) is 17.6. The van der Waals surface area contributed by atoms with Gasteiger partial charge >= 0.3 is 0 Å². The second kappa shape index (κ2) is 5.09. The molecule has 0 fully saturated rings. The van der Waals surface area contributed by atoms with Gasteiger partial charge in [0.15, 0.2) is 0 Å². The SMILES string of the molecule is C1=CC(C(Nc2ccccc2)C2C=CC=C2)C=C1. The summed E-state index contributed by atoms with van der Waals surface area (Å²) in [5, 5.41) is 3.66. The summed E-state index contributed by atoms with van der Waals surface area (Å²) < 4.78 is 0. The van der Waals surface area contributed by atoms with Gasteiger partial charge in [-0.05, 0) is 12.1 Å². The summed E-state index contributed by atoms with van der Waals surface area (Å²) in [6, 6.07) is 10.8. The van der Waals surface area contributed by atoms with Gasteiger partial charge in [-0.1, -0.05) is 66.8 Å². The standard InChI is InChI=1S/C17H17N/c1-2-12-16(13-3-1)18-17(14-8-4-5-9-14)15-10-6-7-11-15/h1-15,17-18H.